The summed E-state index contributed by atoms with van der Waals surface area (Å²) in [6.07, 6.45) is 6.69. The molecule has 1 saturated carbocycles. The highest BCUT2D eigenvalue weighted by Gasteiger charge is 2.32. The summed E-state index contributed by atoms with van der Waals surface area (Å²) >= 11 is 0. The average molecular weight is 378 g/mol. The number of hydrogen-bond donors (Lipinski definition) is 0. The summed E-state index contributed by atoms with van der Waals surface area (Å²) in [5.41, 5.74) is 1.61. The van der Waals surface area contributed by atoms with Gasteiger partial charge in [0, 0.05) is 50.4 Å². The van der Waals surface area contributed by atoms with Gasteiger partial charge in [-0.25, -0.2) is 9.97 Å². The Morgan fingerprint density at radius 2 is 1.86 bits per heavy atom. The van der Waals surface area contributed by atoms with Crippen LogP contribution in [0.25, 0.3) is 0 Å². The number of benzene rings is 1. The monoisotopic (exact) mass is 378 g/mol. The van der Waals surface area contributed by atoms with Gasteiger partial charge in [-0.05, 0) is 24.8 Å². The highest BCUT2D eigenvalue weighted by Crippen LogP contribution is 2.37. The first-order valence-corrected chi connectivity index (χ1v) is 10.1. The summed E-state index contributed by atoms with van der Waals surface area (Å²) < 4.78 is 0. The predicted octanol–water partition coefficient (Wildman–Crippen LogP) is 3.01. The third-order valence-electron chi connectivity index (χ3n) is 5.60. The van der Waals surface area contributed by atoms with Crippen LogP contribution < -0.4 is 0 Å². The Morgan fingerprint density at radius 1 is 1.14 bits per heavy atom. The molecule has 28 heavy (non-hydrogen) atoms. The minimum atomic E-state index is -0.0878. The maximum absolute atomic E-state index is 13.0. The first-order chi connectivity index (χ1) is 13.7. The van der Waals surface area contributed by atoms with Gasteiger partial charge in [0.1, 0.15) is 5.82 Å². The Bertz CT molecular complexity index is 833. The maximum Gasteiger partial charge on any atom is 0.257 e. The van der Waals surface area contributed by atoms with Crippen molar-refractivity contribution >= 4 is 11.8 Å². The van der Waals surface area contributed by atoms with Gasteiger partial charge in [0.25, 0.3) is 5.91 Å². The van der Waals surface area contributed by atoms with E-state index in [4.69, 9.17) is 0 Å². The minimum absolute atomic E-state index is 0.00538. The van der Waals surface area contributed by atoms with Gasteiger partial charge in [0.15, 0.2) is 0 Å². The van der Waals surface area contributed by atoms with Crippen LogP contribution in [0.1, 0.15) is 60.3 Å². The SMILES string of the molecule is CCC1CN(C(=O)c2cnc(C3CC3)nc2)CCC(=O)N1Cc1ccccc1. The molecule has 1 aliphatic heterocycles. The number of hydrogen-bond acceptors (Lipinski definition) is 4. The highest BCUT2D eigenvalue weighted by atomic mass is 16.2. The number of aromatic nitrogens is 2. The summed E-state index contributed by atoms with van der Waals surface area (Å²) in [6, 6.07) is 10.0. The lowest BCUT2D eigenvalue weighted by atomic mass is 10.1. The molecule has 146 valence electrons. The van der Waals surface area contributed by atoms with E-state index in [0.29, 0.717) is 37.5 Å². The third-order valence-corrected chi connectivity index (χ3v) is 5.60. The Morgan fingerprint density at radius 3 is 2.50 bits per heavy atom. The lowest BCUT2D eigenvalue weighted by Crippen LogP contribution is -2.43. The van der Waals surface area contributed by atoms with E-state index in [-0.39, 0.29) is 17.9 Å². The van der Waals surface area contributed by atoms with Crippen molar-refractivity contribution < 1.29 is 9.59 Å². The van der Waals surface area contributed by atoms with Crippen molar-refractivity contribution in [3.8, 4) is 0 Å². The molecule has 1 saturated heterocycles. The smallest absolute Gasteiger partial charge is 0.257 e. The molecule has 6 heteroatoms. The third kappa shape index (κ3) is 4.06. The Balaban J connectivity index is 1.48. The van der Waals surface area contributed by atoms with Crippen molar-refractivity contribution in [2.75, 3.05) is 13.1 Å². The normalized spacial score (nSPS) is 20.2. The first kappa shape index (κ1) is 18.6. The van der Waals surface area contributed by atoms with Gasteiger partial charge in [0.2, 0.25) is 5.91 Å². The molecule has 1 unspecified atom stereocenters. The van der Waals surface area contributed by atoms with Crippen LogP contribution in [0.5, 0.6) is 0 Å². The molecule has 2 heterocycles. The number of rotatable bonds is 5. The quantitative estimate of drug-likeness (QED) is 0.802. The van der Waals surface area contributed by atoms with Crippen LogP contribution in [0.2, 0.25) is 0 Å². The molecule has 2 aliphatic rings. The topological polar surface area (TPSA) is 66.4 Å². The van der Waals surface area contributed by atoms with E-state index >= 15 is 0 Å². The van der Waals surface area contributed by atoms with Crippen LogP contribution in [-0.4, -0.2) is 50.7 Å². The minimum Gasteiger partial charge on any atom is -0.336 e. The van der Waals surface area contributed by atoms with Gasteiger partial charge >= 0.3 is 0 Å². The van der Waals surface area contributed by atoms with Crippen molar-refractivity contribution in [3.05, 3.63) is 59.7 Å². The Labute approximate surface area is 165 Å². The van der Waals surface area contributed by atoms with Crippen LogP contribution in [-0.2, 0) is 11.3 Å². The Hall–Kier alpha value is -2.76. The molecule has 1 aromatic heterocycles. The zero-order chi connectivity index (χ0) is 19.5. The van der Waals surface area contributed by atoms with Crippen LogP contribution in [0.3, 0.4) is 0 Å². The van der Waals surface area contributed by atoms with Gasteiger partial charge in [-0.1, -0.05) is 37.3 Å². The van der Waals surface area contributed by atoms with Crippen molar-refractivity contribution in [2.45, 2.75) is 51.1 Å². The molecule has 0 N–H and O–H groups in total. The fourth-order valence-electron chi connectivity index (χ4n) is 3.74. The van der Waals surface area contributed by atoms with Crippen LogP contribution in [0.4, 0.5) is 0 Å². The van der Waals surface area contributed by atoms with Crippen LogP contribution in [0.15, 0.2) is 42.7 Å². The van der Waals surface area contributed by atoms with Crippen molar-refractivity contribution in [1.82, 2.24) is 19.8 Å². The summed E-state index contributed by atoms with van der Waals surface area (Å²) in [5.74, 6) is 1.32. The molecule has 0 spiro atoms. The van der Waals surface area contributed by atoms with Gasteiger partial charge in [0.05, 0.1) is 5.56 Å². The van der Waals surface area contributed by atoms with E-state index in [1.54, 1.807) is 17.3 Å². The molecule has 0 bridgehead atoms. The summed E-state index contributed by atoms with van der Waals surface area (Å²) in [5, 5.41) is 0. The van der Waals surface area contributed by atoms with E-state index in [0.717, 1.165) is 30.7 Å². The number of carbonyl (C=O) groups excluding carboxylic acids is 2. The summed E-state index contributed by atoms with van der Waals surface area (Å²) in [6.45, 7) is 3.62. The second-order valence-electron chi connectivity index (χ2n) is 7.67. The predicted molar refractivity (Wildman–Crippen MR) is 106 cm³/mol. The molecule has 1 aromatic carbocycles. The Kier molecular flexibility index (Phi) is 5.37. The fraction of sp³-hybridized carbons (Fsp3) is 0.455. The summed E-state index contributed by atoms with van der Waals surface area (Å²) in [7, 11) is 0. The number of nitrogens with zero attached hydrogens (tertiary/aromatic N) is 4. The molecule has 6 nitrogen and oxygen atoms in total. The standard InChI is InChI=1S/C22H26N4O2/c1-2-19-15-25(22(28)18-12-23-21(24-13-18)17-8-9-17)11-10-20(27)26(19)14-16-6-4-3-5-7-16/h3-7,12-13,17,19H,2,8-11,14-15H2,1H3. The molecule has 2 aromatic rings. The maximum atomic E-state index is 13.0. The van der Waals surface area contributed by atoms with E-state index in [2.05, 4.69) is 16.9 Å². The van der Waals surface area contributed by atoms with E-state index in [1.807, 2.05) is 35.2 Å². The number of amides is 2. The molecule has 4 rings (SSSR count). The van der Waals surface area contributed by atoms with E-state index in [9.17, 15) is 9.59 Å². The highest BCUT2D eigenvalue weighted by molar-refractivity contribution is 5.94. The van der Waals surface area contributed by atoms with E-state index in [1.165, 1.54) is 0 Å². The molecule has 1 atom stereocenters. The molecule has 0 radical (unpaired) electrons. The molecule has 1 aliphatic carbocycles. The van der Waals surface area contributed by atoms with Crippen molar-refractivity contribution in [3.63, 3.8) is 0 Å². The molecular weight excluding hydrogens is 352 g/mol. The number of carbonyl (C=O) groups is 2. The summed E-state index contributed by atoms with van der Waals surface area (Å²) in [4.78, 5) is 38.2. The van der Waals surface area contributed by atoms with Gasteiger partial charge in [-0.15, -0.1) is 0 Å². The second kappa shape index (κ2) is 8.09. The lowest BCUT2D eigenvalue weighted by Gasteiger charge is -2.31. The van der Waals surface area contributed by atoms with Gasteiger partial charge in [-0.3, -0.25) is 9.59 Å². The fourth-order valence-corrected chi connectivity index (χ4v) is 3.74. The average Bonchev–Trinajstić information content (AvgIpc) is 3.58. The van der Waals surface area contributed by atoms with Crippen LogP contribution in [0, 0.1) is 0 Å². The van der Waals surface area contributed by atoms with Crippen molar-refractivity contribution in [1.29, 1.82) is 0 Å². The van der Waals surface area contributed by atoms with Gasteiger partial charge < -0.3 is 9.80 Å². The zero-order valence-corrected chi connectivity index (χ0v) is 16.3. The molecular formula is C22H26N4O2. The largest absolute Gasteiger partial charge is 0.336 e. The molecule has 2 fully saturated rings. The lowest BCUT2D eigenvalue weighted by molar-refractivity contribution is -0.133. The van der Waals surface area contributed by atoms with E-state index < -0.39 is 0 Å². The van der Waals surface area contributed by atoms with Crippen LogP contribution >= 0.6 is 0 Å². The molecule has 2 amide bonds. The first-order valence-electron chi connectivity index (χ1n) is 10.1. The van der Waals surface area contributed by atoms with Gasteiger partial charge in [-0.2, -0.15) is 0 Å². The second-order valence-corrected chi connectivity index (χ2v) is 7.67. The zero-order valence-electron chi connectivity index (χ0n) is 16.3. The van der Waals surface area contributed by atoms with Crippen molar-refractivity contribution in [2.24, 2.45) is 0 Å².